The van der Waals surface area contributed by atoms with Crippen molar-refractivity contribution in [2.24, 2.45) is 0 Å². The van der Waals surface area contributed by atoms with E-state index in [9.17, 15) is 4.79 Å². The van der Waals surface area contributed by atoms with Gasteiger partial charge in [0.1, 0.15) is 7.11 Å². The Morgan fingerprint density at radius 1 is 1.60 bits per heavy atom. The maximum absolute atomic E-state index is 10.7. The molecule has 1 aromatic heterocycles. The number of hydrogen-bond acceptors (Lipinski definition) is 4. The van der Waals surface area contributed by atoms with Crippen LogP contribution in [-0.2, 0) is 0 Å². The highest BCUT2D eigenvalue weighted by Gasteiger charge is 2.05. The van der Waals surface area contributed by atoms with E-state index in [2.05, 4.69) is 19.8 Å². The van der Waals surface area contributed by atoms with Crippen molar-refractivity contribution >= 4 is 0 Å². The average Bonchev–Trinajstić information content (AvgIpc) is 2.30. The standard InChI is InChI=1S/C4H7N3O3/c1-9-4-6-5-3(8)7(4)10-2/h1-2H3,(H,5,8). The van der Waals surface area contributed by atoms with E-state index in [-0.39, 0.29) is 6.01 Å². The minimum Gasteiger partial charge on any atom is -0.465 e. The Morgan fingerprint density at radius 3 is 2.70 bits per heavy atom. The fourth-order valence-corrected chi connectivity index (χ4v) is 0.563. The quantitative estimate of drug-likeness (QED) is 0.558. The van der Waals surface area contributed by atoms with Crippen LogP contribution in [0.25, 0.3) is 0 Å². The van der Waals surface area contributed by atoms with Crippen LogP contribution in [0, 0.1) is 0 Å². The summed E-state index contributed by atoms with van der Waals surface area (Å²) in [5.41, 5.74) is -0.459. The van der Waals surface area contributed by atoms with Crippen molar-refractivity contribution in [1.29, 1.82) is 0 Å². The van der Waals surface area contributed by atoms with Gasteiger partial charge in [-0.1, -0.05) is 4.73 Å². The summed E-state index contributed by atoms with van der Waals surface area (Å²) < 4.78 is 5.56. The molecule has 0 unspecified atom stereocenters. The summed E-state index contributed by atoms with van der Waals surface area (Å²) in [5, 5.41) is 5.63. The van der Waals surface area contributed by atoms with Crippen LogP contribution in [0.1, 0.15) is 0 Å². The first-order valence-electron chi connectivity index (χ1n) is 2.55. The monoisotopic (exact) mass is 145 g/mol. The van der Waals surface area contributed by atoms with E-state index in [1.807, 2.05) is 0 Å². The Hall–Kier alpha value is -1.46. The van der Waals surface area contributed by atoms with E-state index >= 15 is 0 Å². The molecule has 0 aliphatic carbocycles. The number of nitrogens with zero attached hydrogens (tertiary/aromatic N) is 2. The maximum atomic E-state index is 10.7. The topological polar surface area (TPSA) is 69.1 Å². The summed E-state index contributed by atoms with van der Waals surface area (Å²) in [5.74, 6) is 0. The molecule has 6 heteroatoms. The van der Waals surface area contributed by atoms with Gasteiger partial charge in [-0.15, -0.1) is 5.10 Å². The molecular formula is C4H7N3O3. The van der Waals surface area contributed by atoms with Gasteiger partial charge in [-0.05, 0) is 0 Å². The lowest BCUT2D eigenvalue weighted by molar-refractivity contribution is 0.129. The molecule has 1 rings (SSSR count). The molecule has 0 aromatic carbocycles. The number of ether oxygens (including phenoxy) is 1. The van der Waals surface area contributed by atoms with Crippen molar-refractivity contribution in [1.82, 2.24) is 14.9 Å². The molecule has 0 aliphatic heterocycles. The molecule has 56 valence electrons. The van der Waals surface area contributed by atoms with Gasteiger partial charge in [0, 0.05) is 0 Å². The Balaban J connectivity index is 3.13. The van der Waals surface area contributed by atoms with Crippen LogP contribution in [0.5, 0.6) is 6.01 Å². The van der Waals surface area contributed by atoms with Gasteiger partial charge < -0.3 is 9.57 Å². The predicted molar refractivity (Wildman–Crippen MR) is 31.9 cm³/mol. The number of hydrogen-bond donors (Lipinski definition) is 1. The minimum atomic E-state index is -0.459. The highest BCUT2D eigenvalue weighted by Crippen LogP contribution is 1.94. The Morgan fingerprint density at radius 2 is 2.30 bits per heavy atom. The van der Waals surface area contributed by atoms with Crippen LogP contribution in [0.15, 0.2) is 4.79 Å². The zero-order valence-electron chi connectivity index (χ0n) is 5.62. The van der Waals surface area contributed by atoms with Crippen LogP contribution in [0.4, 0.5) is 0 Å². The second-order valence-corrected chi connectivity index (χ2v) is 1.49. The summed E-state index contributed by atoms with van der Waals surface area (Å²) in [4.78, 5) is 15.3. The average molecular weight is 145 g/mol. The van der Waals surface area contributed by atoms with Crippen molar-refractivity contribution in [2.75, 3.05) is 14.2 Å². The molecule has 0 saturated carbocycles. The molecule has 0 radical (unpaired) electrons. The molecule has 0 atom stereocenters. The van der Waals surface area contributed by atoms with Crippen LogP contribution in [-0.4, -0.2) is 29.1 Å². The smallest absolute Gasteiger partial charge is 0.379 e. The van der Waals surface area contributed by atoms with Crippen molar-refractivity contribution in [3.63, 3.8) is 0 Å². The molecular weight excluding hydrogens is 138 g/mol. The molecule has 10 heavy (non-hydrogen) atoms. The van der Waals surface area contributed by atoms with E-state index in [1.54, 1.807) is 0 Å². The molecule has 1 aromatic rings. The molecule has 0 aliphatic rings. The third kappa shape index (κ3) is 0.831. The van der Waals surface area contributed by atoms with Gasteiger partial charge >= 0.3 is 11.7 Å². The minimum absolute atomic E-state index is 0.104. The SMILES string of the molecule is COc1n[nH]c(=O)n1OC. The summed E-state index contributed by atoms with van der Waals surface area (Å²) in [7, 11) is 2.74. The zero-order chi connectivity index (χ0) is 7.56. The van der Waals surface area contributed by atoms with E-state index in [4.69, 9.17) is 0 Å². The third-order valence-electron chi connectivity index (χ3n) is 0.971. The van der Waals surface area contributed by atoms with Gasteiger partial charge in [-0.3, -0.25) is 0 Å². The fraction of sp³-hybridized carbons (Fsp3) is 0.500. The first-order valence-corrected chi connectivity index (χ1v) is 2.55. The zero-order valence-corrected chi connectivity index (χ0v) is 5.62. The lowest BCUT2D eigenvalue weighted by Crippen LogP contribution is -2.22. The van der Waals surface area contributed by atoms with Crippen LogP contribution < -0.4 is 15.3 Å². The number of H-pyrrole nitrogens is 1. The number of aromatic nitrogens is 3. The normalized spacial score (nSPS) is 9.40. The van der Waals surface area contributed by atoms with Gasteiger partial charge in [0.25, 0.3) is 0 Å². The van der Waals surface area contributed by atoms with Gasteiger partial charge in [-0.25, -0.2) is 9.89 Å². The van der Waals surface area contributed by atoms with Crippen molar-refractivity contribution in [3.8, 4) is 6.01 Å². The summed E-state index contributed by atoms with van der Waals surface area (Å²) in [6, 6.07) is 0.104. The van der Waals surface area contributed by atoms with Crippen molar-refractivity contribution < 1.29 is 9.57 Å². The largest absolute Gasteiger partial charge is 0.465 e. The molecule has 0 bridgehead atoms. The number of nitrogens with one attached hydrogen (secondary N) is 1. The molecule has 0 fully saturated rings. The summed E-state index contributed by atoms with van der Waals surface area (Å²) >= 11 is 0. The van der Waals surface area contributed by atoms with Gasteiger partial charge in [0.2, 0.25) is 0 Å². The molecule has 6 nitrogen and oxygen atoms in total. The molecule has 0 spiro atoms. The highest BCUT2D eigenvalue weighted by atomic mass is 16.7. The lowest BCUT2D eigenvalue weighted by Gasteiger charge is -1.98. The Kier molecular flexibility index (Phi) is 1.61. The third-order valence-corrected chi connectivity index (χ3v) is 0.971. The lowest BCUT2D eigenvalue weighted by atomic mass is 11.1. The van der Waals surface area contributed by atoms with Crippen LogP contribution >= 0.6 is 0 Å². The number of aromatic amines is 1. The van der Waals surface area contributed by atoms with Gasteiger partial charge in [0.05, 0.1) is 7.11 Å². The molecule has 1 N–H and O–H groups in total. The number of methoxy groups -OCH3 is 1. The molecule has 1 heterocycles. The van der Waals surface area contributed by atoms with Crippen LogP contribution in [0.3, 0.4) is 0 Å². The highest BCUT2D eigenvalue weighted by molar-refractivity contribution is 4.88. The van der Waals surface area contributed by atoms with E-state index in [0.29, 0.717) is 0 Å². The van der Waals surface area contributed by atoms with Gasteiger partial charge in [0.15, 0.2) is 0 Å². The van der Waals surface area contributed by atoms with Gasteiger partial charge in [-0.2, -0.15) is 0 Å². The van der Waals surface area contributed by atoms with Crippen molar-refractivity contribution in [3.05, 3.63) is 10.5 Å². The second-order valence-electron chi connectivity index (χ2n) is 1.49. The fourth-order valence-electron chi connectivity index (χ4n) is 0.563. The Labute approximate surface area is 56.3 Å². The first-order chi connectivity index (χ1) is 4.79. The number of rotatable bonds is 2. The first kappa shape index (κ1) is 6.66. The van der Waals surface area contributed by atoms with Crippen molar-refractivity contribution in [2.45, 2.75) is 0 Å². The second kappa shape index (κ2) is 2.42. The summed E-state index contributed by atoms with van der Waals surface area (Å²) in [6.07, 6.45) is 0. The van der Waals surface area contributed by atoms with Crippen LogP contribution in [0.2, 0.25) is 0 Å². The maximum Gasteiger partial charge on any atom is 0.379 e. The summed E-state index contributed by atoms with van der Waals surface area (Å²) in [6.45, 7) is 0. The van der Waals surface area contributed by atoms with E-state index < -0.39 is 5.69 Å². The van der Waals surface area contributed by atoms with E-state index in [1.165, 1.54) is 14.2 Å². The molecule has 0 amide bonds. The predicted octanol–water partition coefficient (Wildman–Crippen LogP) is -1.36. The Bertz CT molecular complexity index is 263. The molecule has 0 saturated heterocycles. The van der Waals surface area contributed by atoms with E-state index in [0.717, 1.165) is 4.73 Å².